The van der Waals surface area contributed by atoms with E-state index in [9.17, 15) is 9.59 Å². The summed E-state index contributed by atoms with van der Waals surface area (Å²) >= 11 is 0. The zero-order valence-electron chi connectivity index (χ0n) is 18.9. The van der Waals surface area contributed by atoms with Crippen molar-refractivity contribution in [3.63, 3.8) is 0 Å². The summed E-state index contributed by atoms with van der Waals surface area (Å²) in [5.41, 5.74) is 4.41. The van der Waals surface area contributed by atoms with Gasteiger partial charge in [0.05, 0.1) is 29.5 Å². The van der Waals surface area contributed by atoms with Crippen LogP contribution in [0.25, 0.3) is 22.3 Å². The molecule has 1 aliphatic rings. The van der Waals surface area contributed by atoms with Crippen LogP contribution in [-0.2, 0) is 11.8 Å². The zero-order chi connectivity index (χ0) is 23.1. The van der Waals surface area contributed by atoms with Crippen molar-refractivity contribution in [2.24, 2.45) is 7.05 Å². The predicted molar refractivity (Wildman–Crippen MR) is 124 cm³/mol. The number of aryl methyl sites for hydroxylation is 3. The van der Waals surface area contributed by atoms with Gasteiger partial charge in [-0.2, -0.15) is 5.10 Å². The maximum absolute atomic E-state index is 13.0. The van der Waals surface area contributed by atoms with Crippen molar-refractivity contribution < 1.29 is 9.53 Å². The molecule has 9 heteroatoms. The van der Waals surface area contributed by atoms with Crippen LogP contribution in [0.1, 0.15) is 34.8 Å². The van der Waals surface area contributed by atoms with Gasteiger partial charge in [-0.1, -0.05) is 12.1 Å². The highest BCUT2D eigenvalue weighted by Crippen LogP contribution is 2.26. The quantitative estimate of drug-likeness (QED) is 0.519. The third-order valence-corrected chi connectivity index (χ3v) is 5.96. The van der Waals surface area contributed by atoms with Crippen LogP contribution >= 0.6 is 0 Å². The highest BCUT2D eigenvalue weighted by Gasteiger charge is 2.21. The number of ether oxygens (including phenoxy) is 1. The fourth-order valence-electron chi connectivity index (χ4n) is 4.36. The van der Waals surface area contributed by atoms with Gasteiger partial charge in [0, 0.05) is 31.6 Å². The standard InChI is InChI=1S/C24H26N6O3/c1-15-12-29-13-18(11-21(29)22(25-15)23(31)26-19-5-4-10-33-14-19)17-6-8-20(9-7-17)30-16(2)27-28(3)24(30)32/h6-9,11-13,19H,4-5,10,14H2,1-3H3,(H,26,31). The Balaban J connectivity index is 1.47. The maximum Gasteiger partial charge on any atom is 0.350 e. The molecule has 0 bridgehead atoms. The molecule has 1 fully saturated rings. The number of aromatic nitrogens is 5. The number of hydrogen-bond donors (Lipinski definition) is 1. The van der Waals surface area contributed by atoms with Crippen LogP contribution in [0.5, 0.6) is 0 Å². The van der Waals surface area contributed by atoms with Crippen molar-refractivity contribution in [2.75, 3.05) is 13.2 Å². The summed E-state index contributed by atoms with van der Waals surface area (Å²) in [4.78, 5) is 29.9. The minimum Gasteiger partial charge on any atom is -0.379 e. The molecular formula is C24H26N6O3. The zero-order valence-corrected chi connectivity index (χ0v) is 18.9. The number of fused-ring (bicyclic) bond motifs is 1. The summed E-state index contributed by atoms with van der Waals surface area (Å²) in [6.45, 7) is 4.96. The van der Waals surface area contributed by atoms with Crippen LogP contribution in [0, 0.1) is 13.8 Å². The number of rotatable bonds is 4. The van der Waals surface area contributed by atoms with Gasteiger partial charge in [0.2, 0.25) is 0 Å². The minimum absolute atomic E-state index is 0.00919. The first kappa shape index (κ1) is 21.1. The number of nitrogens with one attached hydrogen (secondary N) is 1. The van der Waals surface area contributed by atoms with Crippen molar-refractivity contribution in [3.05, 3.63) is 70.4 Å². The molecule has 1 N–H and O–H groups in total. The fraction of sp³-hybridized carbons (Fsp3) is 0.333. The van der Waals surface area contributed by atoms with Crippen molar-refractivity contribution >= 4 is 11.4 Å². The van der Waals surface area contributed by atoms with Crippen LogP contribution in [0.4, 0.5) is 0 Å². The highest BCUT2D eigenvalue weighted by molar-refractivity contribution is 5.99. The number of carbonyl (C=O) groups is 1. The Kier molecular flexibility index (Phi) is 5.33. The molecule has 0 radical (unpaired) electrons. The molecule has 0 aliphatic carbocycles. The molecule has 0 saturated carbocycles. The summed E-state index contributed by atoms with van der Waals surface area (Å²) < 4.78 is 10.3. The molecular weight excluding hydrogens is 420 g/mol. The van der Waals surface area contributed by atoms with E-state index in [1.807, 2.05) is 54.0 Å². The number of benzene rings is 1. The Morgan fingerprint density at radius 1 is 1.15 bits per heavy atom. The summed E-state index contributed by atoms with van der Waals surface area (Å²) in [6, 6.07) is 9.69. The molecule has 4 heterocycles. The molecule has 4 aromatic rings. The van der Waals surface area contributed by atoms with Crippen molar-refractivity contribution in [1.29, 1.82) is 0 Å². The van der Waals surface area contributed by atoms with Gasteiger partial charge in [0.1, 0.15) is 5.82 Å². The van der Waals surface area contributed by atoms with Gasteiger partial charge in [-0.3, -0.25) is 4.79 Å². The predicted octanol–water partition coefficient (Wildman–Crippen LogP) is 2.41. The number of carbonyl (C=O) groups excluding carboxylic acids is 1. The Hall–Kier alpha value is -3.72. The van der Waals surface area contributed by atoms with E-state index in [-0.39, 0.29) is 17.6 Å². The molecule has 1 amide bonds. The molecule has 33 heavy (non-hydrogen) atoms. The molecule has 9 nitrogen and oxygen atoms in total. The average molecular weight is 447 g/mol. The van der Waals surface area contributed by atoms with Gasteiger partial charge in [0.15, 0.2) is 5.69 Å². The third kappa shape index (κ3) is 3.95. The van der Waals surface area contributed by atoms with Gasteiger partial charge in [-0.25, -0.2) is 19.0 Å². The van der Waals surface area contributed by atoms with Crippen LogP contribution in [0.3, 0.4) is 0 Å². The smallest absolute Gasteiger partial charge is 0.350 e. The first-order valence-electron chi connectivity index (χ1n) is 11.0. The van der Waals surface area contributed by atoms with Gasteiger partial charge in [-0.05, 0) is 50.5 Å². The Morgan fingerprint density at radius 3 is 2.61 bits per heavy atom. The largest absolute Gasteiger partial charge is 0.379 e. The second kappa shape index (κ2) is 8.32. The lowest BCUT2D eigenvalue weighted by Crippen LogP contribution is -2.41. The second-order valence-electron chi connectivity index (χ2n) is 8.48. The first-order chi connectivity index (χ1) is 15.9. The number of hydrogen-bond acceptors (Lipinski definition) is 5. The molecule has 1 unspecified atom stereocenters. The number of amides is 1. The van der Waals surface area contributed by atoms with E-state index in [4.69, 9.17) is 4.74 Å². The fourth-order valence-corrected chi connectivity index (χ4v) is 4.36. The SMILES string of the molecule is Cc1cn2cc(-c3ccc(-n4c(C)nn(C)c4=O)cc3)cc2c(C(=O)NC2CCCOC2)n1. The molecule has 170 valence electrons. The van der Waals surface area contributed by atoms with Crippen LogP contribution in [0.2, 0.25) is 0 Å². The molecule has 3 aromatic heterocycles. The lowest BCUT2D eigenvalue weighted by Gasteiger charge is -2.23. The van der Waals surface area contributed by atoms with E-state index in [0.29, 0.717) is 18.1 Å². The van der Waals surface area contributed by atoms with E-state index < -0.39 is 0 Å². The van der Waals surface area contributed by atoms with Crippen LogP contribution in [0.15, 0.2) is 47.5 Å². The van der Waals surface area contributed by atoms with Gasteiger partial charge < -0.3 is 14.5 Å². The summed E-state index contributed by atoms with van der Waals surface area (Å²) in [5.74, 6) is 0.441. The minimum atomic E-state index is -0.189. The van der Waals surface area contributed by atoms with E-state index in [1.54, 1.807) is 18.5 Å². The average Bonchev–Trinajstić information content (AvgIpc) is 3.34. The number of nitrogens with zero attached hydrogens (tertiary/aromatic N) is 5. The Morgan fingerprint density at radius 2 is 1.94 bits per heavy atom. The lowest BCUT2D eigenvalue weighted by molar-refractivity contribution is 0.0622. The van der Waals surface area contributed by atoms with Crippen LogP contribution < -0.4 is 11.0 Å². The van der Waals surface area contributed by atoms with Crippen LogP contribution in [-0.4, -0.2) is 48.9 Å². The molecule has 0 spiro atoms. The van der Waals surface area contributed by atoms with Gasteiger partial charge in [-0.15, -0.1) is 0 Å². The second-order valence-corrected chi connectivity index (χ2v) is 8.48. The Labute approximate surface area is 190 Å². The molecule has 1 aromatic carbocycles. The first-order valence-corrected chi connectivity index (χ1v) is 11.0. The monoisotopic (exact) mass is 446 g/mol. The summed E-state index contributed by atoms with van der Waals surface area (Å²) in [5, 5.41) is 7.25. The van der Waals surface area contributed by atoms with E-state index in [0.717, 1.165) is 47.5 Å². The van der Waals surface area contributed by atoms with Crippen molar-refractivity contribution in [1.82, 2.24) is 29.0 Å². The van der Waals surface area contributed by atoms with E-state index in [1.165, 1.54) is 4.68 Å². The lowest BCUT2D eigenvalue weighted by atomic mass is 10.1. The molecule has 1 aliphatic heterocycles. The third-order valence-electron chi connectivity index (χ3n) is 5.96. The molecule has 5 rings (SSSR count). The highest BCUT2D eigenvalue weighted by atomic mass is 16.5. The normalized spacial score (nSPS) is 16.3. The maximum atomic E-state index is 13.0. The molecule has 1 saturated heterocycles. The van der Waals surface area contributed by atoms with E-state index >= 15 is 0 Å². The topological polar surface area (TPSA) is 95.5 Å². The van der Waals surface area contributed by atoms with Crippen molar-refractivity contribution in [2.45, 2.75) is 32.7 Å². The molecule has 1 atom stereocenters. The van der Waals surface area contributed by atoms with Gasteiger partial charge in [0.25, 0.3) is 5.91 Å². The summed E-state index contributed by atoms with van der Waals surface area (Å²) in [7, 11) is 1.64. The summed E-state index contributed by atoms with van der Waals surface area (Å²) in [6.07, 6.45) is 5.75. The van der Waals surface area contributed by atoms with Crippen molar-refractivity contribution in [3.8, 4) is 16.8 Å². The van der Waals surface area contributed by atoms with Gasteiger partial charge >= 0.3 is 5.69 Å². The Bertz CT molecular complexity index is 1390. The van der Waals surface area contributed by atoms with E-state index in [2.05, 4.69) is 15.4 Å².